The van der Waals surface area contributed by atoms with E-state index in [1.165, 1.54) is 12.8 Å². The molecule has 0 amide bonds. The topological polar surface area (TPSA) is 77.3 Å². The third kappa shape index (κ3) is 2.98. The first-order chi connectivity index (χ1) is 12.4. The maximum absolute atomic E-state index is 12.7. The molecule has 0 saturated heterocycles. The first-order valence-electron chi connectivity index (χ1n) is 9.14. The van der Waals surface area contributed by atoms with Gasteiger partial charge in [-0.15, -0.1) is 0 Å². The quantitative estimate of drug-likeness (QED) is 0.805. The van der Waals surface area contributed by atoms with Crippen molar-refractivity contribution < 1.29 is 9.90 Å². The Balaban J connectivity index is 1.52. The van der Waals surface area contributed by atoms with Crippen LogP contribution in [0.1, 0.15) is 71.4 Å². The van der Waals surface area contributed by atoms with Gasteiger partial charge in [-0.2, -0.15) is 0 Å². The van der Waals surface area contributed by atoms with Gasteiger partial charge in [0, 0.05) is 29.3 Å². The molecule has 0 unspecified atom stereocenters. The van der Waals surface area contributed by atoms with E-state index in [0.717, 1.165) is 22.5 Å². The van der Waals surface area contributed by atoms with Crippen molar-refractivity contribution in [1.29, 1.82) is 5.41 Å². The maximum atomic E-state index is 12.7. The van der Waals surface area contributed by atoms with Gasteiger partial charge in [0.1, 0.15) is 17.3 Å². The molecular formula is C21H23N3O2. The Kier molecular flexibility index (Phi) is 4.02. The zero-order chi connectivity index (χ0) is 18.4. The average Bonchev–Trinajstić information content (AvgIpc) is 3.41. The smallest absolute Gasteiger partial charge is 0.182 e. The number of aromatic hydroxyl groups is 1. The Labute approximate surface area is 153 Å². The van der Waals surface area contributed by atoms with Gasteiger partial charge in [0.2, 0.25) is 0 Å². The molecule has 0 spiro atoms. The molecule has 2 aliphatic rings. The van der Waals surface area contributed by atoms with Crippen molar-refractivity contribution in [2.24, 2.45) is 0 Å². The van der Waals surface area contributed by atoms with Crippen LogP contribution in [0.3, 0.4) is 0 Å². The molecule has 0 atom stereocenters. The zero-order valence-corrected chi connectivity index (χ0v) is 15.1. The van der Waals surface area contributed by atoms with Gasteiger partial charge in [-0.3, -0.25) is 10.2 Å². The maximum Gasteiger partial charge on any atom is 0.182 e. The fourth-order valence-corrected chi connectivity index (χ4v) is 3.47. The second-order valence-corrected chi connectivity index (χ2v) is 7.57. The Morgan fingerprint density at radius 2 is 2.08 bits per heavy atom. The van der Waals surface area contributed by atoms with Crippen LogP contribution in [-0.2, 0) is 6.54 Å². The number of amidine groups is 1. The number of ketones is 1. The van der Waals surface area contributed by atoms with Crippen LogP contribution in [0.15, 0.2) is 30.3 Å². The number of phenols is 1. The summed E-state index contributed by atoms with van der Waals surface area (Å²) in [5.41, 5.74) is 4.14. The number of rotatable bonds is 5. The molecule has 2 heterocycles. The lowest BCUT2D eigenvalue weighted by atomic mass is 9.98. The minimum atomic E-state index is -0.0492. The highest BCUT2D eigenvalue weighted by atomic mass is 16.3. The summed E-state index contributed by atoms with van der Waals surface area (Å²) in [7, 11) is 0. The number of phenolic OH excluding ortho intramolecular Hbond substituents is 1. The monoisotopic (exact) mass is 349 g/mol. The summed E-state index contributed by atoms with van der Waals surface area (Å²) >= 11 is 0. The number of carbonyl (C=O) groups excluding carboxylic acids is 1. The highest BCUT2D eigenvalue weighted by molar-refractivity contribution is 6.04. The van der Waals surface area contributed by atoms with Crippen LogP contribution in [0.25, 0.3) is 0 Å². The van der Waals surface area contributed by atoms with E-state index in [0.29, 0.717) is 23.9 Å². The third-order valence-corrected chi connectivity index (χ3v) is 5.20. The summed E-state index contributed by atoms with van der Waals surface area (Å²) in [5, 5.41) is 18.4. The van der Waals surface area contributed by atoms with Gasteiger partial charge in [0.05, 0.1) is 6.54 Å². The number of fused-ring (bicyclic) bond motifs is 1. The van der Waals surface area contributed by atoms with Crippen LogP contribution in [0.5, 0.6) is 5.75 Å². The van der Waals surface area contributed by atoms with Crippen LogP contribution in [0.2, 0.25) is 0 Å². The second kappa shape index (κ2) is 6.24. The molecule has 2 aromatic rings. The average molecular weight is 349 g/mol. The molecular weight excluding hydrogens is 326 g/mol. The van der Waals surface area contributed by atoms with Crippen LogP contribution in [0, 0.1) is 5.41 Å². The number of Topliss-reactive ketones (excluding diaryl/α,β-unsaturated/α-hetero) is 1. The molecule has 1 saturated carbocycles. The third-order valence-electron chi connectivity index (χ3n) is 5.20. The minimum absolute atomic E-state index is 0.0492. The van der Waals surface area contributed by atoms with Crippen molar-refractivity contribution in [2.45, 2.75) is 45.1 Å². The number of aromatic nitrogens is 1. The molecule has 2 N–H and O–H groups in total. The summed E-state index contributed by atoms with van der Waals surface area (Å²) in [6.07, 6.45) is 2.36. The second-order valence-electron chi connectivity index (χ2n) is 7.57. The van der Waals surface area contributed by atoms with Gasteiger partial charge in [-0.1, -0.05) is 19.9 Å². The van der Waals surface area contributed by atoms with E-state index >= 15 is 0 Å². The minimum Gasteiger partial charge on any atom is -0.508 e. The van der Waals surface area contributed by atoms with Crippen molar-refractivity contribution in [2.75, 3.05) is 6.54 Å². The molecule has 1 aliphatic carbocycles. The summed E-state index contributed by atoms with van der Waals surface area (Å²) in [4.78, 5) is 19.2. The molecule has 5 nitrogen and oxygen atoms in total. The normalized spacial score (nSPS) is 16.3. The van der Waals surface area contributed by atoms with Crippen LogP contribution in [0.4, 0.5) is 0 Å². The van der Waals surface area contributed by atoms with Gasteiger partial charge < -0.3 is 10.0 Å². The number of nitrogens with one attached hydrogen (secondary N) is 1. The number of pyridine rings is 1. The molecule has 134 valence electrons. The SMILES string of the molecule is CC(C)c1cc(C(=O)CN2Cc3ccc(C4CC4)nc3C2=N)ccc1O. The molecule has 26 heavy (non-hydrogen) atoms. The van der Waals surface area contributed by atoms with Crippen molar-refractivity contribution >= 4 is 11.6 Å². The van der Waals surface area contributed by atoms with E-state index in [9.17, 15) is 9.90 Å². The highest BCUT2D eigenvalue weighted by Crippen LogP contribution is 2.39. The van der Waals surface area contributed by atoms with Crippen LogP contribution in [-0.4, -0.2) is 33.2 Å². The lowest BCUT2D eigenvalue weighted by Crippen LogP contribution is -2.30. The van der Waals surface area contributed by atoms with E-state index in [2.05, 4.69) is 11.1 Å². The Morgan fingerprint density at radius 3 is 2.77 bits per heavy atom. The number of nitrogens with zero attached hydrogens (tertiary/aromatic N) is 2. The number of carbonyl (C=O) groups is 1. The van der Waals surface area contributed by atoms with Crippen LogP contribution >= 0.6 is 0 Å². The lowest BCUT2D eigenvalue weighted by Gasteiger charge is -2.17. The molecule has 5 heteroatoms. The fraction of sp³-hybridized carbons (Fsp3) is 0.381. The Hall–Kier alpha value is -2.69. The fourth-order valence-electron chi connectivity index (χ4n) is 3.47. The van der Waals surface area contributed by atoms with Crippen LogP contribution < -0.4 is 0 Å². The largest absolute Gasteiger partial charge is 0.508 e. The predicted octanol–water partition coefficient (Wildman–Crippen LogP) is 3.81. The number of hydrogen-bond acceptors (Lipinski definition) is 4. The Morgan fingerprint density at radius 1 is 1.31 bits per heavy atom. The molecule has 0 radical (unpaired) electrons. The van der Waals surface area contributed by atoms with E-state index in [1.54, 1.807) is 23.1 Å². The summed E-state index contributed by atoms with van der Waals surface area (Å²) in [6.45, 7) is 4.67. The van der Waals surface area contributed by atoms with Crippen molar-refractivity contribution in [3.63, 3.8) is 0 Å². The van der Waals surface area contributed by atoms with Gasteiger partial charge >= 0.3 is 0 Å². The van der Waals surface area contributed by atoms with E-state index in [-0.39, 0.29) is 24.0 Å². The summed E-state index contributed by atoms with van der Waals surface area (Å²) in [5.74, 6) is 1.19. The van der Waals surface area contributed by atoms with Gasteiger partial charge in [-0.05, 0) is 48.6 Å². The molecule has 1 aromatic carbocycles. The summed E-state index contributed by atoms with van der Waals surface area (Å²) < 4.78 is 0. The Bertz CT molecular complexity index is 900. The van der Waals surface area contributed by atoms with Gasteiger partial charge in [-0.25, -0.2) is 4.98 Å². The molecule has 1 aliphatic heterocycles. The molecule has 0 bridgehead atoms. The first-order valence-corrected chi connectivity index (χ1v) is 9.14. The molecule has 1 fully saturated rings. The first kappa shape index (κ1) is 16.8. The lowest BCUT2D eigenvalue weighted by molar-refractivity contribution is 0.0962. The van der Waals surface area contributed by atoms with Crippen molar-refractivity contribution in [3.05, 3.63) is 58.4 Å². The van der Waals surface area contributed by atoms with Gasteiger partial charge in [0.15, 0.2) is 5.78 Å². The summed E-state index contributed by atoms with van der Waals surface area (Å²) in [6, 6.07) is 9.10. The zero-order valence-electron chi connectivity index (χ0n) is 15.1. The van der Waals surface area contributed by atoms with Crippen molar-refractivity contribution in [3.8, 4) is 5.75 Å². The predicted molar refractivity (Wildman–Crippen MR) is 100.0 cm³/mol. The van der Waals surface area contributed by atoms with E-state index in [1.807, 2.05) is 19.9 Å². The number of hydrogen-bond donors (Lipinski definition) is 2. The molecule has 4 rings (SSSR count). The highest BCUT2D eigenvalue weighted by Gasteiger charge is 2.31. The molecule has 1 aromatic heterocycles. The van der Waals surface area contributed by atoms with Gasteiger partial charge in [0.25, 0.3) is 0 Å². The number of benzene rings is 1. The van der Waals surface area contributed by atoms with E-state index in [4.69, 9.17) is 5.41 Å². The standard InChI is InChI=1S/C21H23N3O2/c1-12(2)16-9-14(6-8-18(16)25)19(26)11-24-10-15-5-7-17(13-3-4-13)23-20(15)21(24)22/h5-9,12-13,22,25H,3-4,10-11H2,1-2H3. The van der Waals surface area contributed by atoms with E-state index < -0.39 is 0 Å². The van der Waals surface area contributed by atoms with Crippen molar-refractivity contribution in [1.82, 2.24) is 9.88 Å².